The van der Waals surface area contributed by atoms with Crippen LogP contribution in [0.3, 0.4) is 0 Å². The lowest BCUT2D eigenvalue weighted by atomic mass is 9.94. The Bertz CT molecular complexity index is 3150. The lowest BCUT2D eigenvalue weighted by Gasteiger charge is -2.13. The molecule has 3 aromatic heterocycles. The van der Waals surface area contributed by atoms with E-state index in [4.69, 9.17) is 9.73 Å². The average molecular weight is 848 g/mol. The summed E-state index contributed by atoms with van der Waals surface area (Å²) in [5, 5.41) is 32.8. The van der Waals surface area contributed by atoms with E-state index < -0.39 is 27.9 Å². The highest BCUT2D eigenvalue weighted by Crippen LogP contribution is 2.40. The van der Waals surface area contributed by atoms with Gasteiger partial charge in [-0.3, -0.25) is 23.9 Å². The van der Waals surface area contributed by atoms with E-state index in [1.165, 1.54) is 19.2 Å². The number of benzene rings is 4. The van der Waals surface area contributed by atoms with E-state index in [9.17, 15) is 28.5 Å². The van der Waals surface area contributed by atoms with Gasteiger partial charge in [0.15, 0.2) is 5.82 Å². The lowest BCUT2D eigenvalue weighted by molar-refractivity contribution is -0.141. The van der Waals surface area contributed by atoms with E-state index in [1.54, 1.807) is 60.0 Å². The fraction of sp³-hybridized carbons (Fsp3) is 0.178. The summed E-state index contributed by atoms with van der Waals surface area (Å²) in [5.74, 6) is 0.429. The van der Waals surface area contributed by atoms with Crippen molar-refractivity contribution in [3.8, 4) is 28.3 Å². The Morgan fingerprint density at radius 1 is 0.918 bits per heavy atom. The van der Waals surface area contributed by atoms with Crippen molar-refractivity contribution in [3.63, 3.8) is 0 Å². The number of hydrogen-bond acceptors (Lipinski definition) is 11. The van der Waals surface area contributed by atoms with Gasteiger partial charge in [0.25, 0.3) is 15.9 Å². The normalized spacial score (nSPS) is 13.3. The Hall–Kier alpha value is -7.40. The maximum absolute atomic E-state index is 13.3. The molecule has 0 radical (unpaired) electrons. The van der Waals surface area contributed by atoms with E-state index in [0.717, 1.165) is 37.7 Å². The fourth-order valence-electron chi connectivity index (χ4n) is 7.47. The van der Waals surface area contributed by atoms with Crippen molar-refractivity contribution in [1.82, 2.24) is 25.1 Å². The average Bonchev–Trinajstić information content (AvgIpc) is 3.94. The minimum atomic E-state index is -3.98. The molecule has 3 N–H and O–H groups in total. The highest BCUT2D eigenvalue weighted by molar-refractivity contribution is 7.92. The summed E-state index contributed by atoms with van der Waals surface area (Å²) in [6, 6.07) is 25.9. The largest absolute Gasteiger partial charge is 0.469 e. The van der Waals surface area contributed by atoms with Gasteiger partial charge in [0, 0.05) is 39.7 Å². The zero-order chi connectivity index (χ0) is 43.2. The molecule has 0 unspecified atom stereocenters. The van der Waals surface area contributed by atoms with Crippen LogP contribution in [0.25, 0.3) is 27.0 Å². The molecule has 61 heavy (non-hydrogen) atoms. The van der Waals surface area contributed by atoms with Crippen LogP contribution in [0.1, 0.15) is 78.3 Å². The number of fused-ring (bicyclic) bond motifs is 4. The molecule has 0 spiro atoms. The second kappa shape index (κ2) is 16.0. The number of carbonyl (C=O) groups is 2. The van der Waals surface area contributed by atoms with Gasteiger partial charge in [0.05, 0.1) is 52.5 Å². The molecular weight excluding hydrogens is 811 g/mol. The summed E-state index contributed by atoms with van der Waals surface area (Å²) in [6.45, 7) is 7.94. The molecule has 14 nitrogen and oxygen atoms in total. The van der Waals surface area contributed by atoms with Gasteiger partial charge in [-0.25, -0.2) is 8.42 Å². The second-order valence-electron chi connectivity index (χ2n) is 14.6. The first kappa shape index (κ1) is 40.4. The van der Waals surface area contributed by atoms with Crippen LogP contribution < -0.4 is 10.0 Å². The van der Waals surface area contributed by atoms with Crippen LogP contribution >= 0.6 is 11.3 Å². The number of aliphatic imine (C=N–C) groups is 1. The number of methoxy groups -OCH3 is 1. The molecule has 0 fully saturated rings. The number of hydrogen-bond donors (Lipinski definition) is 3. The second-order valence-corrected chi connectivity index (χ2v) is 17.4. The zero-order valence-electron chi connectivity index (χ0n) is 33.6. The summed E-state index contributed by atoms with van der Waals surface area (Å²) < 4.78 is 36.2. The van der Waals surface area contributed by atoms with Crippen molar-refractivity contribution in [2.75, 3.05) is 11.8 Å². The standard InChI is InChI=1S/C45H37N9O5S2/c1-24-6-17-36(42-39(24)33(21-47)23-48-42)53-61(57,58)34-14-7-28(8-15-34)22-49-44(56)31-13-16-35(32(18-31)20-46)29-9-11-30(12-10-29)41-40-25(2)26(3)60-45(40)54-27(4)51-52-43(54)37(50-41)19-38(55)59-5/h6-18,23,37,48,53H,19,22H2,1-5H3,(H,49,56)/t37-/m0/s1. The molecule has 7 aromatic rings. The molecule has 4 heterocycles. The predicted molar refractivity (Wildman–Crippen MR) is 231 cm³/mol. The van der Waals surface area contributed by atoms with E-state index in [2.05, 4.69) is 51.2 Å². The van der Waals surface area contributed by atoms with E-state index >= 15 is 0 Å². The monoisotopic (exact) mass is 847 g/mol. The van der Waals surface area contributed by atoms with Crippen molar-refractivity contribution < 1.29 is 22.7 Å². The number of aromatic amines is 1. The van der Waals surface area contributed by atoms with Crippen molar-refractivity contribution in [2.45, 2.75) is 51.6 Å². The lowest BCUT2D eigenvalue weighted by Crippen LogP contribution is -2.23. The summed E-state index contributed by atoms with van der Waals surface area (Å²) in [6.07, 6.45) is 1.54. The number of rotatable bonds is 10. The number of ether oxygens (including phenoxy) is 1. The molecule has 0 aliphatic carbocycles. The number of nitriles is 2. The predicted octanol–water partition coefficient (Wildman–Crippen LogP) is 7.64. The molecule has 304 valence electrons. The minimum Gasteiger partial charge on any atom is -0.469 e. The summed E-state index contributed by atoms with van der Waals surface area (Å²) >= 11 is 1.62. The number of carbonyl (C=O) groups excluding carboxylic acids is 2. The number of H-pyrrole nitrogens is 1. The smallest absolute Gasteiger partial charge is 0.308 e. The van der Waals surface area contributed by atoms with Crippen LogP contribution in [-0.4, -0.2) is 52.9 Å². The van der Waals surface area contributed by atoms with Gasteiger partial charge in [0.1, 0.15) is 22.9 Å². The highest BCUT2D eigenvalue weighted by Gasteiger charge is 2.33. The summed E-state index contributed by atoms with van der Waals surface area (Å²) in [7, 11) is -2.63. The Morgan fingerprint density at radius 3 is 2.34 bits per heavy atom. The molecule has 0 saturated heterocycles. The first-order valence-corrected chi connectivity index (χ1v) is 21.3. The minimum absolute atomic E-state index is 0.0113. The number of sulfonamides is 1. The molecule has 0 bridgehead atoms. The molecule has 1 aliphatic rings. The number of nitrogens with zero attached hydrogens (tertiary/aromatic N) is 6. The van der Waals surface area contributed by atoms with Crippen molar-refractivity contribution in [3.05, 3.63) is 146 Å². The van der Waals surface area contributed by atoms with Crippen molar-refractivity contribution in [2.24, 2.45) is 4.99 Å². The zero-order valence-corrected chi connectivity index (χ0v) is 35.2. The molecule has 8 rings (SSSR count). The Labute approximate surface area is 355 Å². The molecular formula is C45H37N9O5S2. The number of aryl methyl sites for hydroxylation is 3. The van der Waals surface area contributed by atoms with E-state index in [1.807, 2.05) is 42.7 Å². The van der Waals surface area contributed by atoms with Crippen LogP contribution in [0.4, 0.5) is 5.69 Å². The molecule has 4 aromatic carbocycles. The van der Waals surface area contributed by atoms with Crippen LogP contribution in [0.15, 0.2) is 94.9 Å². The third-order valence-corrected chi connectivity index (χ3v) is 13.4. The molecule has 0 saturated carbocycles. The van der Waals surface area contributed by atoms with E-state index in [-0.39, 0.29) is 23.4 Å². The first-order valence-electron chi connectivity index (χ1n) is 19.0. The fourth-order valence-corrected chi connectivity index (χ4v) is 9.76. The van der Waals surface area contributed by atoms with Crippen LogP contribution in [0, 0.1) is 50.4 Å². The van der Waals surface area contributed by atoms with Crippen molar-refractivity contribution in [1.29, 1.82) is 10.5 Å². The number of aromatic nitrogens is 4. The van der Waals surface area contributed by atoms with Crippen LogP contribution in [0.5, 0.6) is 0 Å². The van der Waals surface area contributed by atoms with Gasteiger partial charge in [-0.05, 0) is 85.8 Å². The number of nitrogens with one attached hydrogen (secondary N) is 3. The molecule has 1 atom stereocenters. The maximum atomic E-state index is 13.3. The molecule has 16 heteroatoms. The Morgan fingerprint density at radius 2 is 1.64 bits per heavy atom. The van der Waals surface area contributed by atoms with Gasteiger partial charge in [-0.2, -0.15) is 10.5 Å². The first-order chi connectivity index (χ1) is 29.3. The third kappa shape index (κ3) is 7.43. The van der Waals surface area contributed by atoms with Gasteiger partial charge >= 0.3 is 5.97 Å². The van der Waals surface area contributed by atoms with Gasteiger partial charge in [-0.15, -0.1) is 21.5 Å². The number of anilines is 1. The topological polar surface area (TPSA) is 208 Å². The Kier molecular flexibility index (Phi) is 10.6. The summed E-state index contributed by atoms with van der Waals surface area (Å²) in [5.41, 5.74) is 8.28. The number of thiophene rings is 1. The number of amides is 1. The molecule has 1 amide bonds. The van der Waals surface area contributed by atoms with E-state index in [0.29, 0.717) is 56.2 Å². The van der Waals surface area contributed by atoms with Gasteiger partial charge < -0.3 is 15.0 Å². The van der Waals surface area contributed by atoms with Crippen LogP contribution in [0.2, 0.25) is 0 Å². The molecule has 1 aliphatic heterocycles. The Balaban J connectivity index is 0.981. The van der Waals surface area contributed by atoms with Crippen LogP contribution in [-0.2, 0) is 26.1 Å². The highest BCUT2D eigenvalue weighted by atomic mass is 32.2. The summed E-state index contributed by atoms with van der Waals surface area (Å²) in [4.78, 5) is 35.1. The third-order valence-electron chi connectivity index (χ3n) is 10.8. The van der Waals surface area contributed by atoms with Crippen molar-refractivity contribution >= 4 is 55.5 Å². The SMILES string of the molecule is COC(=O)C[C@@H]1N=C(c2ccc(-c3ccc(C(=O)NCc4ccc(S(=O)(=O)Nc5ccc(C)c6c(C#N)c[nH]c56)cc4)cc3C#N)cc2)c2c(sc(C)c2C)-n2c(C)nnc21. The van der Waals surface area contributed by atoms with Gasteiger partial charge in [-0.1, -0.05) is 48.5 Å². The quantitative estimate of drug-likeness (QED) is 0.115. The maximum Gasteiger partial charge on any atom is 0.308 e. The van der Waals surface area contributed by atoms with Gasteiger partial charge in [0.2, 0.25) is 0 Å². The number of esters is 1.